The molecule has 2 heterocycles. The van der Waals surface area contributed by atoms with Crippen molar-refractivity contribution in [3.63, 3.8) is 0 Å². The minimum absolute atomic E-state index is 0. The maximum Gasteiger partial charge on any atom is 0.277 e. The number of rotatable bonds is 6. The van der Waals surface area contributed by atoms with Crippen molar-refractivity contribution in [1.82, 2.24) is 25.5 Å². The third-order valence-corrected chi connectivity index (χ3v) is 2.67. The summed E-state index contributed by atoms with van der Waals surface area (Å²) in [5.41, 5.74) is 6.60. The number of carbonyl (C=O) groups is 1. The molecule has 0 aliphatic heterocycles. The molecule has 0 aromatic carbocycles. The van der Waals surface area contributed by atoms with Crippen molar-refractivity contribution in [3.8, 4) is 0 Å². The Morgan fingerprint density at radius 1 is 1.45 bits per heavy atom. The summed E-state index contributed by atoms with van der Waals surface area (Å²) in [7, 11) is 1.99. The van der Waals surface area contributed by atoms with E-state index in [1.807, 2.05) is 29.9 Å². The zero-order chi connectivity index (χ0) is 13.7. The molecule has 0 bridgehead atoms. The minimum atomic E-state index is -0.389. The monoisotopic (exact) mass is 300 g/mol. The van der Waals surface area contributed by atoms with E-state index >= 15 is 0 Å². The fourth-order valence-corrected chi connectivity index (χ4v) is 1.60. The molecule has 1 amide bonds. The predicted molar refractivity (Wildman–Crippen MR) is 75.4 cm³/mol. The first kappa shape index (κ1) is 16.0. The number of carbonyl (C=O) groups excluding carboxylic acids is 1. The Labute approximate surface area is 122 Å². The van der Waals surface area contributed by atoms with E-state index in [0.29, 0.717) is 13.1 Å². The SMILES string of the molecule is Cl.Cn1cccc1CNCCNC(=O)c1nonc1N. The van der Waals surface area contributed by atoms with Crippen LogP contribution in [0.1, 0.15) is 16.2 Å². The van der Waals surface area contributed by atoms with Gasteiger partial charge < -0.3 is 20.9 Å². The van der Waals surface area contributed by atoms with Gasteiger partial charge in [0.25, 0.3) is 5.91 Å². The van der Waals surface area contributed by atoms with E-state index in [0.717, 1.165) is 6.54 Å². The third-order valence-electron chi connectivity index (χ3n) is 2.67. The Balaban J connectivity index is 0.00000200. The Hall–Kier alpha value is -2.06. The van der Waals surface area contributed by atoms with E-state index in [-0.39, 0.29) is 29.8 Å². The molecule has 8 nitrogen and oxygen atoms in total. The fourth-order valence-electron chi connectivity index (χ4n) is 1.60. The number of hydrogen-bond donors (Lipinski definition) is 3. The molecule has 0 atom stereocenters. The van der Waals surface area contributed by atoms with Crippen molar-refractivity contribution in [3.05, 3.63) is 29.7 Å². The third kappa shape index (κ3) is 3.97. The van der Waals surface area contributed by atoms with Crippen LogP contribution in [-0.4, -0.2) is 33.9 Å². The molecule has 0 aliphatic carbocycles. The lowest BCUT2D eigenvalue weighted by Crippen LogP contribution is -2.32. The molecular weight excluding hydrogens is 284 g/mol. The van der Waals surface area contributed by atoms with Crippen molar-refractivity contribution in [2.75, 3.05) is 18.8 Å². The molecule has 0 saturated carbocycles. The Morgan fingerprint density at radius 3 is 2.85 bits per heavy atom. The van der Waals surface area contributed by atoms with Gasteiger partial charge in [-0.2, -0.15) is 0 Å². The molecule has 2 aromatic rings. The molecule has 4 N–H and O–H groups in total. The number of nitrogens with zero attached hydrogens (tertiary/aromatic N) is 3. The number of anilines is 1. The van der Waals surface area contributed by atoms with Crippen LogP contribution in [0, 0.1) is 0 Å². The molecule has 2 aromatic heterocycles. The van der Waals surface area contributed by atoms with Gasteiger partial charge in [-0.1, -0.05) is 0 Å². The van der Waals surface area contributed by atoms with Gasteiger partial charge in [0.05, 0.1) is 0 Å². The lowest BCUT2D eigenvalue weighted by Gasteiger charge is -2.06. The highest BCUT2D eigenvalue weighted by Gasteiger charge is 2.14. The summed E-state index contributed by atoms with van der Waals surface area (Å²) < 4.78 is 6.39. The van der Waals surface area contributed by atoms with E-state index in [4.69, 9.17) is 5.73 Å². The van der Waals surface area contributed by atoms with Crippen LogP contribution in [0.2, 0.25) is 0 Å². The lowest BCUT2D eigenvalue weighted by atomic mass is 10.4. The smallest absolute Gasteiger partial charge is 0.277 e. The first-order valence-corrected chi connectivity index (χ1v) is 5.85. The van der Waals surface area contributed by atoms with Crippen molar-refractivity contribution in [2.24, 2.45) is 7.05 Å². The molecule has 2 rings (SSSR count). The number of hydrogen-bond acceptors (Lipinski definition) is 6. The van der Waals surface area contributed by atoms with Crippen molar-refractivity contribution >= 4 is 24.1 Å². The van der Waals surface area contributed by atoms with E-state index in [1.165, 1.54) is 5.69 Å². The molecule has 0 aliphatic rings. The molecule has 0 saturated heterocycles. The number of nitrogen functional groups attached to an aromatic ring is 1. The number of amides is 1. The van der Waals surface area contributed by atoms with Gasteiger partial charge in [0, 0.05) is 38.6 Å². The van der Waals surface area contributed by atoms with E-state index in [1.54, 1.807) is 0 Å². The second-order valence-electron chi connectivity index (χ2n) is 4.04. The van der Waals surface area contributed by atoms with Gasteiger partial charge in [-0.3, -0.25) is 4.79 Å². The standard InChI is InChI=1S/C11H16N6O2.ClH/c1-17-6-2-3-8(17)7-13-4-5-14-11(18)9-10(12)16-19-15-9;/h2-3,6,13H,4-5,7H2,1H3,(H2,12,16)(H,14,18);1H. The van der Waals surface area contributed by atoms with Crippen LogP contribution >= 0.6 is 12.4 Å². The maximum absolute atomic E-state index is 11.6. The summed E-state index contributed by atoms with van der Waals surface area (Å²) in [6.45, 7) is 1.85. The Kier molecular flexibility index (Phi) is 6.01. The van der Waals surface area contributed by atoms with Gasteiger partial charge >= 0.3 is 0 Å². The number of aromatic nitrogens is 3. The zero-order valence-corrected chi connectivity index (χ0v) is 11.8. The average molecular weight is 301 g/mol. The maximum atomic E-state index is 11.6. The van der Waals surface area contributed by atoms with Crippen LogP contribution in [0.4, 0.5) is 5.82 Å². The van der Waals surface area contributed by atoms with Gasteiger partial charge in [-0.25, -0.2) is 4.63 Å². The van der Waals surface area contributed by atoms with Gasteiger partial charge in [0.1, 0.15) is 0 Å². The summed E-state index contributed by atoms with van der Waals surface area (Å²) in [6, 6.07) is 4.02. The van der Waals surface area contributed by atoms with E-state index in [2.05, 4.69) is 25.6 Å². The summed E-state index contributed by atoms with van der Waals surface area (Å²) in [5.74, 6) is -0.395. The summed E-state index contributed by atoms with van der Waals surface area (Å²) in [6.07, 6.45) is 1.99. The molecule has 0 unspecified atom stereocenters. The lowest BCUT2D eigenvalue weighted by molar-refractivity contribution is 0.0944. The minimum Gasteiger partial charge on any atom is -0.379 e. The molecular formula is C11H17ClN6O2. The number of halogens is 1. The van der Waals surface area contributed by atoms with Crippen LogP contribution in [0.5, 0.6) is 0 Å². The Morgan fingerprint density at radius 2 is 2.25 bits per heavy atom. The van der Waals surface area contributed by atoms with Crippen LogP contribution in [0.15, 0.2) is 23.0 Å². The predicted octanol–water partition coefficient (Wildman–Crippen LogP) is -0.0683. The van der Waals surface area contributed by atoms with Crippen molar-refractivity contribution in [1.29, 1.82) is 0 Å². The van der Waals surface area contributed by atoms with Gasteiger partial charge in [0.2, 0.25) is 11.5 Å². The quantitative estimate of drug-likeness (QED) is 0.644. The van der Waals surface area contributed by atoms with E-state index in [9.17, 15) is 4.79 Å². The van der Waals surface area contributed by atoms with Crippen LogP contribution in [0.25, 0.3) is 0 Å². The molecule has 110 valence electrons. The largest absolute Gasteiger partial charge is 0.379 e. The second-order valence-corrected chi connectivity index (χ2v) is 4.04. The molecule has 9 heteroatoms. The number of nitrogens with two attached hydrogens (primary N) is 1. The topological polar surface area (TPSA) is 111 Å². The highest BCUT2D eigenvalue weighted by molar-refractivity contribution is 5.95. The van der Waals surface area contributed by atoms with Crippen LogP contribution in [0.3, 0.4) is 0 Å². The summed E-state index contributed by atoms with van der Waals surface area (Å²) >= 11 is 0. The zero-order valence-electron chi connectivity index (χ0n) is 11.0. The van der Waals surface area contributed by atoms with Crippen LogP contribution < -0.4 is 16.4 Å². The molecule has 0 spiro atoms. The highest BCUT2D eigenvalue weighted by atomic mass is 35.5. The van der Waals surface area contributed by atoms with E-state index < -0.39 is 0 Å². The van der Waals surface area contributed by atoms with Crippen LogP contribution in [-0.2, 0) is 13.6 Å². The second kappa shape index (κ2) is 7.51. The number of aryl methyl sites for hydroxylation is 1. The number of nitrogens with one attached hydrogen (secondary N) is 2. The Bertz CT molecular complexity index is 553. The van der Waals surface area contributed by atoms with Gasteiger partial charge in [0.15, 0.2) is 0 Å². The molecule has 0 radical (unpaired) electrons. The van der Waals surface area contributed by atoms with Gasteiger partial charge in [-0.05, 0) is 22.4 Å². The average Bonchev–Trinajstić information content (AvgIpc) is 2.98. The normalized spacial score (nSPS) is 10.1. The molecule has 20 heavy (non-hydrogen) atoms. The van der Waals surface area contributed by atoms with Crippen molar-refractivity contribution in [2.45, 2.75) is 6.54 Å². The van der Waals surface area contributed by atoms with Gasteiger partial charge in [-0.15, -0.1) is 12.4 Å². The molecule has 0 fully saturated rings. The summed E-state index contributed by atoms with van der Waals surface area (Å²) in [4.78, 5) is 11.6. The first-order valence-electron chi connectivity index (χ1n) is 5.85. The summed E-state index contributed by atoms with van der Waals surface area (Å²) in [5, 5.41) is 12.6. The highest BCUT2D eigenvalue weighted by Crippen LogP contribution is 2.02. The fraction of sp³-hybridized carbons (Fsp3) is 0.364. The van der Waals surface area contributed by atoms with Crippen molar-refractivity contribution < 1.29 is 9.42 Å². The first-order chi connectivity index (χ1) is 9.18.